The monoisotopic (exact) mass is 342 g/mol. The minimum absolute atomic E-state index is 0.0845. The Labute approximate surface area is 146 Å². The van der Waals surface area contributed by atoms with E-state index in [-0.39, 0.29) is 18.1 Å². The number of rotatable bonds is 5. The van der Waals surface area contributed by atoms with E-state index in [1.54, 1.807) is 6.20 Å². The molecule has 3 heterocycles. The van der Waals surface area contributed by atoms with Crippen LogP contribution < -0.4 is 5.32 Å². The summed E-state index contributed by atoms with van der Waals surface area (Å²) in [4.78, 5) is 16.9. The van der Waals surface area contributed by atoms with E-state index >= 15 is 0 Å². The molecule has 0 unspecified atom stereocenters. The smallest absolute Gasteiger partial charge is 0.272 e. The molecule has 1 aliphatic heterocycles. The second kappa shape index (κ2) is 7.33. The van der Waals surface area contributed by atoms with Gasteiger partial charge in [-0.2, -0.15) is 5.10 Å². The van der Waals surface area contributed by atoms with Crippen molar-refractivity contribution >= 4 is 5.91 Å². The number of nitrogens with one attached hydrogen (secondary N) is 2. The third kappa shape index (κ3) is 3.57. The van der Waals surface area contributed by atoms with E-state index < -0.39 is 0 Å². The van der Waals surface area contributed by atoms with Gasteiger partial charge in [-0.15, -0.1) is 0 Å². The fourth-order valence-corrected chi connectivity index (χ4v) is 3.46. The van der Waals surface area contributed by atoms with E-state index in [2.05, 4.69) is 20.5 Å². The molecule has 2 aromatic rings. The van der Waals surface area contributed by atoms with Gasteiger partial charge in [0.1, 0.15) is 6.10 Å². The highest BCUT2D eigenvalue weighted by Crippen LogP contribution is 2.23. The number of aromatic nitrogens is 3. The molecule has 25 heavy (non-hydrogen) atoms. The molecule has 7 nitrogen and oxygen atoms in total. The molecular formula is C18H22N4O3. The standard InChI is InChI=1S/C18H22N4O3/c23-18(17-13-5-3-6-14(13)21-22-17)20-15-7-9-24-11-16(15)25-10-12-4-1-2-8-19-12/h1-2,4,8,15-16H,3,5-7,9-11H2,(H,20,23)(H,21,22)/t15-,16-/m1/s1. The van der Waals surface area contributed by atoms with Crippen molar-refractivity contribution in [2.24, 2.45) is 0 Å². The molecule has 2 atom stereocenters. The molecule has 4 rings (SSSR count). The number of carbonyl (C=O) groups is 1. The summed E-state index contributed by atoms with van der Waals surface area (Å²) < 4.78 is 11.5. The van der Waals surface area contributed by atoms with Crippen molar-refractivity contribution in [3.8, 4) is 0 Å². The van der Waals surface area contributed by atoms with E-state index in [0.29, 0.717) is 25.5 Å². The van der Waals surface area contributed by atoms with Gasteiger partial charge in [-0.25, -0.2) is 0 Å². The molecule has 0 radical (unpaired) electrons. The number of aromatic amines is 1. The Hall–Kier alpha value is -2.25. The lowest BCUT2D eigenvalue weighted by Crippen LogP contribution is -2.50. The summed E-state index contributed by atoms with van der Waals surface area (Å²) in [6, 6.07) is 5.64. The topological polar surface area (TPSA) is 89.1 Å². The molecule has 1 saturated heterocycles. The van der Waals surface area contributed by atoms with E-state index in [1.165, 1.54) is 0 Å². The SMILES string of the molecule is O=C(N[C@@H]1CCOC[C@H]1OCc1ccccn1)c1n[nH]c2c1CCC2. The Kier molecular flexibility index (Phi) is 4.76. The Morgan fingerprint density at radius 2 is 2.36 bits per heavy atom. The van der Waals surface area contributed by atoms with Gasteiger partial charge in [-0.1, -0.05) is 6.07 Å². The highest BCUT2D eigenvalue weighted by atomic mass is 16.5. The van der Waals surface area contributed by atoms with Crippen LogP contribution in [-0.4, -0.2) is 46.4 Å². The highest BCUT2D eigenvalue weighted by Gasteiger charge is 2.30. The second-order valence-corrected chi connectivity index (χ2v) is 6.50. The quantitative estimate of drug-likeness (QED) is 0.857. The first kappa shape index (κ1) is 16.2. The molecule has 1 amide bonds. The van der Waals surface area contributed by atoms with Gasteiger partial charge in [0, 0.05) is 24.1 Å². The van der Waals surface area contributed by atoms with Crippen LogP contribution in [-0.2, 0) is 28.9 Å². The first-order valence-electron chi connectivity index (χ1n) is 8.77. The first-order valence-corrected chi connectivity index (χ1v) is 8.77. The van der Waals surface area contributed by atoms with Crippen molar-refractivity contribution in [1.29, 1.82) is 0 Å². The van der Waals surface area contributed by atoms with Crippen LogP contribution in [0, 0.1) is 0 Å². The lowest BCUT2D eigenvalue weighted by Gasteiger charge is -2.31. The molecule has 2 aromatic heterocycles. The molecule has 0 aromatic carbocycles. The zero-order chi connectivity index (χ0) is 17.1. The molecule has 2 N–H and O–H groups in total. The van der Waals surface area contributed by atoms with Crippen molar-refractivity contribution in [3.63, 3.8) is 0 Å². The average Bonchev–Trinajstić information content (AvgIpc) is 3.25. The third-order valence-electron chi connectivity index (χ3n) is 4.81. The summed E-state index contributed by atoms with van der Waals surface area (Å²) in [5.74, 6) is -0.127. The summed E-state index contributed by atoms with van der Waals surface area (Å²) in [5, 5.41) is 10.3. The normalized spacial score (nSPS) is 22.6. The summed E-state index contributed by atoms with van der Waals surface area (Å²) >= 11 is 0. The minimum atomic E-state index is -0.188. The van der Waals surface area contributed by atoms with Crippen LogP contribution in [0.25, 0.3) is 0 Å². The fraction of sp³-hybridized carbons (Fsp3) is 0.500. The summed E-state index contributed by atoms with van der Waals surface area (Å²) in [5.41, 5.74) is 3.56. The van der Waals surface area contributed by atoms with Gasteiger partial charge < -0.3 is 14.8 Å². The average molecular weight is 342 g/mol. The van der Waals surface area contributed by atoms with Crippen LogP contribution in [0.15, 0.2) is 24.4 Å². The van der Waals surface area contributed by atoms with Gasteiger partial charge in [0.15, 0.2) is 5.69 Å². The van der Waals surface area contributed by atoms with E-state index in [4.69, 9.17) is 9.47 Å². The number of nitrogens with zero attached hydrogens (tertiary/aromatic N) is 2. The van der Waals surface area contributed by atoms with Crippen molar-refractivity contribution in [1.82, 2.24) is 20.5 Å². The van der Waals surface area contributed by atoms with Gasteiger partial charge in [-0.3, -0.25) is 14.9 Å². The lowest BCUT2D eigenvalue weighted by atomic mass is 10.1. The van der Waals surface area contributed by atoms with Crippen molar-refractivity contribution in [3.05, 3.63) is 47.0 Å². The van der Waals surface area contributed by atoms with Crippen LogP contribution in [0.2, 0.25) is 0 Å². The predicted molar refractivity (Wildman–Crippen MR) is 90.1 cm³/mol. The number of hydrogen-bond donors (Lipinski definition) is 2. The zero-order valence-electron chi connectivity index (χ0n) is 14.0. The van der Waals surface area contributed by atoms with Crippen molar-refractivity contribution < 1.29 is 14.3 Å². The number of ether oxygens (including phenoxy) is 2. The predicted octanol–water partition coefficient (Wildman–Crippen LogP) is 1.40. The highest BCUT2D eigenvalue weighted by molar-refractivity contribution is 5.94. The number of H-pyrrole nitrogens is 1. The zero-order valence-corrected chi connectivity index (χ0v) is 14.0. The Morgan fingerprint density at radius 3 is 3.24 bits per heavy atom. The second-order valence-electron chi connectivity index (χ2n) is 6.50. The van der Waals surface area contributed by atoms with E-state index in [0.717, 1.165) is 42.6 Å². The number of carbonyl (C=O) groups excluding carboxylic acids is 1. The number of fused-ring (bicyclic) bond motifs is 1. The number of amides is 1. The molecule has 0 spiro atoms. The van der Waals surface area contributed by atoms with Crippen LogP contribution in [0.1, 0.15) is 40.3 Å². The number of pyridine rings is 1. The summed E-state index contributed by atoms with van der Waals surface area (Å²) in [6.45, 7) is 1.49. The Bertz CT molecular complexity index is 731. The van der Waals surface area contributed by atoms with Gasteiger partial charge in [0.25, 0.3) is 5.91 Å². The lowest BCUT2D eigenvalue weighted by molar-refractivity contribution is -0.0743. The van der Waals surface area contributed by atoms with Crippen LogP contribution in [0.5, 0.6) is 0 Å². The molecule has 1 aliphatic carbocycles. The van der Waals surface area contributed by atoms with Crippen molar-refractivity contribution in [2.75, 3.05) is 13.2 Å². The van der Waals surface area contributed by atoms with Crippen LogP contribution in [0.3, 0.4) is 0 Å². The minimum Gasteiger partial charge on any atom is -0.379 e. The van der Waals surface area contributed by atoms with Gasteiger partial charge in [0.2, 0.25) is 0 Å². The first-order chi connectivity index (χ1) is 12.3. The number of hydrogen-bond acceptors (Lipinski definition) is 5. The largest absolute Gasteiger partial charge is 0.379 e. The Morgan fingerprint density at radius 1 is 1.40 bits per heavy atom. The molecule has 1 fully saturated rings. The van der Waals surface area contributed by atoms with Crippen LogP contribution >= 0.6 is 0 Å². The Balaban J connectivity index is 1.39. The van der Waals surface area contributed by atoms with Crippen LogP contribution in [0.4, 0.5) is 0 Å². The number of aryl methyl sites for hydroxylation is 1. The third-order valence-corrected chi connectivity index (χ3v) is 4.81. The summed E-state index contributed by atoms with van der Waals surface area (Å²) in [7, 11) is 0. The fourth-order valence-electron chi connectivity index (χ4n) is 3.46. The van der Waals surface area contributed by atoms with Gasteiger partial charge in [-0.05, 0) is 37.8 Å². The van der Waals surface area contributed by atoms with Crippen molar-refractivity contribution in [2.45, 2.75) is 44.4 Å². The molecule has 132 valence electrons. The maximum Gasteiger partial charge on any atom is 0.272 e. The molecule has 0 bridgehead atoms. The van der Waals surface area contributed by atoms with Gasteiger partial charge in [0.05, 0.1) is 24.9 Å². The van der Waals surface area contributed by atoms with E-state index in [9.17, 15) is 4.79 Å². The molecular weight excluding hydrogens is 320 g/mol. The van der Waals surface area contributed by atoms with Gasteiger partial charge >= 0.3 is 0 Å². The molecule has 2 aliphatic rings. The maximum absolute atomic E-state index is 12.7. The molecule has 0 saturated carbocycles. The van der Waals surface area contributed by atoms with E-state index in [1.807, 2.05) is 18.2 Å². The maximum atomic E-state index is 12.7. The summed E-state index contributed by atoms with van der Waals surface area (Å²) in [6.07, 6.45) is 5.26. The molecule has 7 heteroatoms.